The molecule has 0 radical (unpaired) electrons. The fourth-order valence-electron chi connectivity index (χ4n) is 17.1. The molecule has 12 heterocycles. The summed E-state index contributed by atoms with van der Waals surface area (Å²) in [5.41, 5.74) is 17.7. The van der Waals surface area contributed by atoms with Crippen molar-refractivity contribution in [2.24, 2.45) is 5.73 Å². The van der Waals surface area contributed by atoms with Gasteiger partial charge in [-0.15, -0.1) is 0 Å². The summed E-state index contributed by atoms with van der Waals surface area (Å²) in [6.45, 7) is 31.9. The number of nitrogens with zero attached hydrogens (tertiary/aromatic N) is 16. The number of likely N-dealkylation sites (N-methyl/N-ethyl adjacent to an activating group) is 3. The Labute approximate surface area is 842 Å². The number of hydrogen-bond donors (Lipinski definition) is 16. The van der Waals surface area contributed by atoms with Crippen molar-refractivity contribution >= 4 is 175 Å². The molecular weight excluding hydrogens is 1910 g/mol. The van der Waals surface area contributed by atoms with Gasteiger partial charge in [-0.3, -0.25) is 39.6 Å². The number of hydrogen-bond acceptors (Lipinski definition) is 28. The van der Waals surface area contributed by atoms with Gasteiger partial charge >= 0.3 is 0 Å². The molecule has 4 aliphatic heterocycles. The highest BCUT2D eigenvalue weighted by Crippen LogP contribution is 2.42. The normalized spacial score (nSPS) is 15.0. The van der Waals surface area contributed by atoms with Gasteiger partial charge in [0.2, 0.25) is 47.4 Å². The number of aryl methyl sites for hydroxylation is 8. The molecule has 17 N–H and O–H groups in total. The lowest BCUT2D eigenvalue weighted by Crippen LogP contribution is -2.54. The summed E-state index contributed by atoms with van der Waals surface area (Å²) in [7, 11) is 5.39. The lowest BCUT2D eigenvalue weighted by Gasteiger charge is -2.37. The molecule has 16 rings (SSSR count). The first kappa shape index (κ1) is 106. The third-order valence-corrected chi connectivity index (χ3v) is 27.1. The summed E-state index contributed by atoms with van der Waals surface area (Å²) in [4.78, 5) is 92.0. The van der Waals surface area contributed by atoms with Crippen molar-refractivity contribution in [2.45, 2.75) is 195 Å². The molecule has 8 aromatic heterocycles. The second-order valence-corrected chi connectivity index (χ2v) is 39.0. The number of carbonyl (C=O) groups excluding carboxylic acids is 4. The van der Waals surface area contributed by atoms with Crippen LogP contribution in [0, 0.1) is 72.8 Å². The largest absolute Gasteiger partial charge is 0.341 e. The number of benzene rings is 4. The maximum absolute atomic E-state index is 15.2. The van der Waals surface area contributed by atoms with E-state index < -0.39 is 22.9 Å². The molecule has 4 amide bonds. The molecule has 4 aromatic carbocycles. The van der Waals surface area contributed by atoms with Crippen LogP contribution in [0.2, 0.25) is 25.1 Å². The number of H-pyrrole nitrogens is 4. The van der Waals surface area contributed by atoms with E-state index in [4.69, 9.17) is 63.7 Å². The standard InChI is InChI=1S/C25H32Cl2N8O.C25H32ClFN8O.C24H30ClFN8O.C23H28ClFN8O/c1-14-10-17(16-6-8-35(9-7-16)23(36)25(3,4)28-5)18(26)12-20(14)30-24-29-13-19(27)22(32-24)31-21-11-15(2)33-34-21;1-14-10-20(30-24-29-13-18(26)22(32-24)31-21-11-15(2)33-34-21)19(27)12-17(14)16-6-8-35(9-7-16)23(36)25(3,4)28-5;1-13-9-20(29-24-28-12-18(25)22(31-24)30-21-10-14(2)32-33-21)19(26)11-17(13)16-5-7-34(8-6-16)23(35)15(3)27-4;1-12-8-19(18(25)10-16(12)15-4-6-33(7-5-15)22(34)14(3)26)28-23-27-11-17(24)21(30-23)29-20-9-13(2)31-32-20/h2*10-13,16,28H,6-9H2,1-5H3,(H3,29,30,31,32,33,34);9-12,15-16,27H,5-8H2,1-4H3,(H3,28,29,30,31,32,33);8-11,14-15H,4-7,26H2,1-3H3,(H3,27,28,29,30,31,32). The number of rotatable bonds is 27. The number of aromatic amines is 4. The summed E-state index contributed by atoms with van der Waals surface area (Å²) in [6.07, 6.45) is 12.4. The number of nitrogens with two attached hydrogens (primary N) is 1. The second kappa shape index (κ2) is 46.9. The molecule has 0 saturated carbocycles. The van der Waals surface area contributed by atoms with Crippen LogP contribution in [-0.2, 0) is 19.2 Å². The van der Waals surface area contributed by atoms with Crippen molar-refractivity contribution in [1.82, 2.24) is 116 Å². The molecule has 12 aromatic rings. The van der Waals surface area contributed by atoms with Crippen LogP contribution in [0.15, 0.2) is 97.6 Å². The first-order valence-electron chi connectivity index (χ1n) is 46.6. The van der Waals surface area contributed by atoms with E-state index in [9.17, 15) is 19.2 Å². The summed E-state index contributed by atoms with van der Waals surface area (Å²) >= 11 is 31.7. The van der Waals surface area contributed by atoms with Gasteiger partial charge in [0, 0.05) is 110 Å². The third-order valence-electron chi connectivity index (χ3n) is 25.6. The van der Waals surface area contributed by atoms with Crippen LogP contribution in [0.3, 0.4) is 0 Å². The molecule has 141 heavy (non-hydrogen) atoms. The zero-order valence-electron chi connectivity index (χ0n) is 81.9. The Kier molecular flexibility index (Phi) is 35.1. The average Bonchev–Trinajstić information content (AvgIpc) is 1.13. The third kappa shape index (κ3) is 27.2. The van der Waals surface area contributed by atoms with Crippen LogP contribution in [0.25, 0.3) is 0 Å². The Morgan fingerprint density at radius 3 is 0.894 bits per heavy atom. The zero-order chi connectivity index (χ0) is 102. The molecule has 0 bridgehead atoms. The summed E-state index contributed by atoms with van der Waals surface area (Å²) in [5, 5.41) is 63.3. The maximum atomic E-state index is 15.2. The highest BCUT2D eigenvalue weighted by molar-refractivity contribution is 6.34. The Morgan fingerprint density at radius 2 is 0.631 bits per heavy atom. The van der Waals surface area contributed by atoms with E-state index in [0.29, 0.717) is 136 Å². The van der Waals surface area contributed by atoms with E-state index in [1.54, 1.807) is 62.3 Å². The predicted octanol–water partition coefficient (Wildman–Crippen LogP) is 18.7. The molecule has 0 spiro atoms. The fourth-order valence-corrected chi connectivity index (χ4v) is 18.0. The van der Waals surface area contributed by atoms with Crippen molar-refractivity contribution in [1.29, 1.82) is 0 Å². The van der Waals surface area contributed by atoms with Crippen molar-refractivity contribution in [3.8, 4) is 0 Å². The topological polar surface area (TPSA) is 457 Å². The Balaban J connectivity index is 0.000000158. The number of halogens is 8. The van der Waals surface area contributed by atoms with Crippen molar-refractivity contribution in [3.63, 3.8) is 0 Å². The SMILES string of the molecule is CNC(C)(C)C(=O)N1CCC(c2cc(C)c(Nc3ncc(Cl)c(Nc4cc(C)[nH]n4)n3)cc2Cl)CC1.CNC(C)(C)C(=O)N1CCC(c2cc(F)c(Nc3ncc(Cl)c(Nc4cc(C)[nH]n4)n3)cc2C)CC1.CNC(C)C(=O)N1CCC(c2cc(F)c(Nc3ncc(Cl)c(Nc4cc(C)[nH]n4)n3)cc2C)CC1.Cc1cc(Nc2nc(Nc3cc(C)c(C4CCN(C(=O)C(C)N)CC4)cc3F)ncc2Cl)n[nH]1. The molecule has 36 nitrogen and oxygen atoms in total. The second-order valence-electron chi connectivity index (χ2n) is 36.9. The molecule has 0 aliphatic carbocycles. The Hall–Kier alpha value is -12.6. The highest BCUT2D eigenvalue weighted by Gasteiger charge is 2.37. The predicted molar refractivity (Wildman–Crippen MR) is 550 cm³/mol. The number of likely N-dealkylation sites (tertiary alicyclic amines) is 4. The number of aromatic nitrogens is 16. The number of amides is 4. The van der Waals surface area contributed by atoms with E-state index in [0.717, 1.165) is 124 Å². The van der Waals surface area contributed by atoms with Gasteiger partial charge in [-0.2, -0.15) is 40.3 Å². The van der Waals surface area contributed by atoms with Gasteiger partial charge in [0.05, 0.1) is 65.0 Å². The molecule has 2 atom stereocenters. The van der Waals surface area contributed by atoms with Gasteiger partial charge in [0.1, 0.15) is 37.5 Å². The molecule has 44 heteroatoms. The lowest BCUT2D eigenvalue weighted by molar-refractivity contribution is -0.138. The van der Waals surface area contributed by atoms with E-state index in [2.05, 4.69) is 145 Å². The van der Waals surface area contributed by atoms with Gasteiger partial charge in [0.25, 0.3) is 0 Å². The van der Waals surface area contributed by atoms with Gasteiger partial charge < -0.3 is 83.8 Å². The molecule has 4 aliphatic rings. The van der Waals surface area contributed by atoms with Crippen LogP contribution in [0.1, 0.15) is 184 Å². The minimum Gasteiger partial charge on any atom is -0.341 e. The van der Waals surface area contributed by atoms with E-state index in [-0.39, 0.29) is 94.0 Å². The molecule has 750 valence electrons. The fraction of sp³-hybridized carbons (Fsp3) is 0.423. The van der Waals surface area contributed by atoms with Crippen LogP contribution in [-0.4, -0.2) is 221 Å². The first-order valence-corrected chi connectivity index (χ1v) is 48.5. The first-order chi connectivity index (χ1) is 67.1. The molecule has 4 saturated heterocycles. The lowest BCUT2D eigenvalue weighted by atomic mass is 9.86. The average molecular weight is 2030 g/mol. The minimum absolute atomic E-state index is 0.0415. The molecule has 2 unspecified atom stereocenters. The summed E-state index contributed by atoms with van der Waals surface area (Å²) in [6, 6.07) is 20.6. The minimum atomic E-state index is -0.599. The van der Waals surface area contributed by atoms with E-state index in [1.807, 2.05) is 142 Å². The summed E-state index contributed by atoms with van der Waals surface area (Å²) < 4.78 is 45.3. The van der Waals surface area contributed by atoms with E-state index >= 15 is 13.2 Å². The van der Waals surface area contributed by atoms with Crippen LogP contribution < -0.4 is 64.2 Å². The van der Waals surface area contributed by atoms with Crippen LogP contribution >= 0.6 is 58.0 Å². The summed E-state index contributed by atoms with van der Waals surface area (Å²) in [5.74, 6) is 4.81. The van der Waals surface area contributed by atoms with Gasteiger partial charge in [-0.25, -0.2) is 33.1 Å². The Morgan fingerprint density at radius 1 is 0.362 bits per heavy atom. The Bertz CT molecular complexity index is 6230. The zero-order valence-corrected chi connectivity index (χ0v) is 85.7. The number of carbonyl (C=O) groups is 4. The van der Waals surface area contributed by atoms with Crippen molar-refractivity contribution in [3.05, 3.63) is 207 Å². The van der Waals surface area contributed by atoms with Crippen molar-refractivity contribution < 1.29 is 32.3 Å². The molecular formula is C97H122Cl5F3N32O4. The highest BCUT2D eigenvalue weighted by atomic mass is 35.5. The van der Waals surface area contributed by atoms with Gasteiger partial charge in [0.15, 0.2) is 46.5 Å². The maximum Gasteiger partial charge on any atom is 0.242 e. The number of piperidine rings is 4. The number of anilines is 16. The smallest absolute Gasteiger partial charge is 0.242 e. The van der Waals surface area contributed by atoms with Crippen LogP contribution in [0.4, 0.5) is 106 Å². The molecule has 4 fully saturated rings. The van der Waals surface area contributed by atoms with Crippen molar-refractivity contribution in [2.75, 3.05) is 116 Å². The number of nitrogens with one attached hydrogen (secondary N) is 15. The van der Waals surface area contributed by atoms with Gasteiger partial charge in [-0.05, 0) is 280 Å². The van der Waals surface area contributed by atoms with E-state index in [1.165, 1.54) is 24.8 Å². The van der Waals surface area contributed by atoms with Crippen LogP contribution in [0.5, 0.6) is 0 Å². The monoisotopic (exact) mass is 2030 g/mol. The van der Waals surface area contributed by atoms with Gasteiger partial charge in [-0.1, -0.05) is 64.1 Å². The quantitative estimate of drug-likeness (QED) is 0.0227.